The lowest BCUT2D eigenvalue weighted by molar-refractivity contribution is -0.123. The maximum absolute atomic E-state index is 11.8. The third-order valence-corrected chi connectivity index (χ3v) is 3.13. The van der Waals surface area contributed by atoms with Crippen LogP contribution in [0.1, 0.15) is 25.8 Å². The Bertz CT molecular complexity index is 415. The average Bonchev–Trinajstić information content (AvgIpc) is 2.38. The van der Waals surface area contributed by atoms with Gasteiger partial charge in [-0.3, -0.25) is 4.79 Å². The van der Waals surface area contributed by atoms with Gasteiger partial charge in [0.2, 0.25) is 5.91 Å². The molecule has 0 radical (unpaired) electrons. The summed E-state index contributed by atoms with van der Waals surface area (Å²) >= 11 is 0. The maximum atomic E-state index is 11.8. The van der Waals surface area contributed by atoms with E-state index in [0.29, 0.717) is 12.8 Å². The molecule has 1 aromatic rings. The highest BCUT2D eigenvalue weighted by Crippen LogP contribution is 2.11. The van der Waals surface area contributed by atoms with Crippen LogP contribution in [0, 0.1) is 0 Å². The Hall–Kier alpha value is -1.59. The van der Waals surface area contributed by atoms with E-state index < -0.39 is 11.6 Å². The van der Waals surface area contributed by atoms with Crippen LogP contribution in [0.15, 0.2) is 24.3 Å². The second-order valence-electron chi connectivity index (χ2n) is 5.05. The molecule has 2 atom stereocenters. The fourth-order valence-electron chi connectivity index (χ4n) is 1.51. The normalized spacial score (nSPS) is 15.6. The van der Waals surface area contributed by atoms with Gasteiger partial charge in [-0.05, 0) is 37.5 Å². The van der Waals surface area contributed by atoms with E-state index in [9.17, 15) is 9.90 Å². The lowest BCUT2D eigenvalue weighted by atomic mass is 10.0. The van der Waals surface area contributed by atoms with Crippen LogP contribution >= 0.6 is 0 Å². The van der Waals surface area contributed by atoms with E-state index in [1.807, 2.05) is 6.92 Å². The third-order valence-electron chi connectivity index (χ3n) is 3.13. The molecule has 0 aromatic heterocycles. The molecule has 0 aliphatic heterocycles. The minimum absolute atomic E-state index is 0.181. The van der Waals surface area contributed by atoms with E-state index in [0.717, 1.165) is 5.56 Å². The number of rotatable bonds is 6. The predicted octanol–water partition coefficient (Wildman–Crippen LogP) is 0.539. The van der Waals surface area contributed by atoms with Crippen LogP contribution < -0.4 is 11.1 Å². The Kier molecular flexibility index (Phi) is 5.32. The molecule has 0 saturated carbocycles. The summed E-state index contributed by atoms with van der Waals surface area (Å²) in [6, 6.07) is 5.90. The second kappa shape index (κ2) is 6.54. The zero-order valence-electron chi connectivity index (χ0n) is 11.4. The van der Waals surface area contributed by atoms with Gasteiger partial charge >= 0.3 is 0 Å². The molecule has 0 fully saturated rings. The van der Waals surface area contributed by atoms with E-state index >= 15 is 0 Å². The molecule has 19 heavy (non-hydrogen) atoms. The molecule has 1 rings (SSSR count). The van der Waals surface area contributed by atoms with Crippen molar-refractivity contribution in [3.05, 3.63) is 29.8 Å². The first kappa shape index (κ1) is 15.5. The van der Waals surface area contributed by atoms with Crippen molar-refractivity contribution in [3.63, 3.8) is 0 Å². The van der Waals surface area contributed by atoms with E-state index in [-0.39, 0.29) is 18.2 Å². The number of phenolic OH excluding ortho intramolecular Hbond substituents is 1. The Morgan fingerprint density at radius 2 is 2.00 bits per heavy atom. The smallest absolute Gasteiger partial charge is 0.237 e. The van der Waals surface area contributed by atoms with Gasteiger partial charge in [-0.25, -0.2) is 0 Å². The molecule has 1 amide bonds. The van der Waals surface area contributed by atoms with Crippen LogP contribution in [-0.2, 0) is 11.2 Å². The van der Waals surface area contributed by atoms with Crippen molar-refractivity contribution in [2.45, 2.75) is 38.3 Å². The van der Waals surface area contributed by atoms with E-state index in [1.165, 1.54) is 0 Å². The Morgan fingerprint density at radius 3 is 2.53 bits per heavy atom. The third kappa shape index (κ3) is 5.28. The molecule has 0 heterocycles. The summed E-state index contributed by atoms with van der Waals surface area (Å²) in [4.78, 5) is 11.8. The quantitative estimate of drug-likeness (QED) is 0.604. The monoisotopic (exact) mass is 266 g/mol. The molecule has 0 aliphatic carbocycles. The van der Waals surface area contributed by atoms with Gasteiger partial charge in [0.25, 0.3) is 0 Å². The molecule has 0 bridgehead atoms. The number of aromatic hydroxyl groups is 1. The van der Waals surface area contributed by atoms with Crippen LogP contribution in [0.3, 0.4) is 0 Å². The number of phenols is 1. The lowest BCUT2D eigenvalue weighted by Crippen LogP contribution is -2.47. The number of benzene rings is 1. The van der Waals surface area contributed by atoms with Gasteiger partial charge in [0.05, 0.1) is 11.6 Å². The topological polar surface area (TPSA) is 95.6 Å². The highest BCUT2D eigenvalue weighted by Gasteiger charge is 2.21. The zero-order valence-corrected chi connectivity index (χ0v) is 11.4. The van der Waals surface area contributed by atoms with Crippen LogP contribution in [0.25, 0.3) is 0 Å². The average molecular weight is 266 g/mol. The molecule has 106 valence electrons. The highest BCUT2D eigenvalue weighted by atomic mass is 16.3. The number of aliphatic hydroxyl groups is 1. The molecule has 0 saturated heterocycles. The number of hydrogen-bond acceptors (Lipinski definition) is 4. The minimum atomic E-state index is -0.909. The molecule has 1 aromatic carbocycles. The Morgan fingerprint density at radius 1 is 1.42 bits per heavy atom. The molecular formula is C14H22N2O3. The number of nitrogens with one attached hydrogen (secondary N) is 1. The number of amides is 1. The first-order valence-electron chi connectivity index (χ1n) is 6.37. The van der Waals surface area contributed by atoms with Crippen LogP contribution in [-0.4, -0.2) is 34.3 Å². The molecule has 5 N–H and O–H groups in total. The number of carbonyl (C=O) groups is 1. The Balaban J connectivity index is 2.47. The summed E-state index contributed by atoms with van der Waals surface area (Å²) in [6.45, 7) is 3.70. The zero-order chi connectivity index (χ0) is 14.5. The molecule has 0 aliphatic rings. The van der Waals surface area contributed by atoms with Crippen molar-refractivity contribution in [2.75, 3.05) is 6.54 Å². The summed E-state index contributed by atoms with van der Waals surface area (Å²) in [5.74, 6) is -0.109. The van der Waals surface area contributed by atoms with Crippen LogP contribution in [0.4, 0.5) is 0 Å². The predicted molar refractivity (Wildman–Crippen MR) is 73.7 cm³/mol. The molecular weight excluding hydrogens is 244 g/mol. The molecule has 1 unspecified atom stereocenters. The number of carbonyl (C=O) groups excluding carboxylic acids is 1. The summed E-state index contributed by atoms with van der Waals surface area (Å²) in [7, 11) is 0. The first-order chi connectivity index (χ1) is 8.84. The first-order valence-corrected chi connectivity index (χ1v) is 6.37. The van der Waals surface area contributed by atoms with Gasteiger partial charge < -0.3 is 21.3 Å². The van der Waals surface area contributed by atoms with Gasteiger partial charge in [-0.2, -0.15) is 0 Å². The van der Waals surface area contributed by atoms with Crippen molar-refractivity contribution in [1.82, 2.24) is 5.32 Å². The number of hydrogen-bond donors (Lipinski definition) is 4. The van der Waals surface area contributed by atoms with E-state index in [4.69, 9.17) is 10.8 Å². The fourth-order valence-corrected chi connectivity index (χ4v) is 1.51. The summed E-state index contributed by atoms with van der Waals surface area (Å²) in [5.41, 5.74) is 5.77. The van der Waals surface area contributed by atoms with Crippen molar-refractivity contribution in [2.24, 2.45) is 5.73 Å². The molecule has 0 spiro atoms. The van der Waals surface area contributed by atoms with Gasteiger partial charge in [0, 0.05) is 6.54 Å². The van der Waals surface area contributed by atoms with Gasteiger partial charge in [-0.15, -0.1) is 0 Å². The second-order valence-corrected chi connectivity index (χ2v) is 5.05. The molecule has 5 nitrogen and oxygen atoms in total. The SMILES string of the molecule is CCC(C)(O)CNC(=O)[C@@H](N)Cc1ccc(O)cc1. The van der Waals surface area contributed by atoms with Crippen molar-refractivity contribution < 1.29 is 15.0 Å². The van der Waals surface area contributed by atoms with Crippen LogP contribution in [0.2, 0.25) is 0 Å². The summed E-state index contributed by atoms with van der Waals surface area (Å²) < 4.78 is 0. The molecule has 5 heteroatoms. The van der Waals surface area contributed by atoms with Crippen molar-refractivity contribution in [3.8, 4) is 5.75 Å². The fraction of sp³-hybridized carbons (Fsp3) is 0.500. The minimum Gasteiger partial charge on any atom is -0.508 e. The van der Waals surface area contributed by atoms with Gasteiger partial charge in [0.1, 0.15) is 5.75 Å². The van der Waals surface area contributed by atoms with E-state index in [2.05, 4.69) is 5.32 Å². The van der Waals surface area contributed by atoms with Crippen LogP contribution in [0.5, 0.6) is 5.75 Å². The number of nitrogens with two attached hydrogens (primary N) is 1. The maximum Gasteiger partial charge on any atom is 0.237 e. The summed E-state index contributed by atoms with van der Waals surface area (Å²) in [5, 5.41) is 21.6. The van der Waals surface area contributed by atoms with E-state index in [1.54, 1.807) is 31.2 Å². The Labute approximate surface area is 113 Å². The largest absolute Gasteiger partial charge is 0.508 e. The summed E-state index contributed by atoms with van der Waals surface area (Å²) in [6.07, 6.45) is 0.945. The lowest BCUT2D eigenvalue weighted by Gasteiger charge is -2.22. The van der Waals surface area contributed by atoms with Crippen molar-refractivity contribution >= 4 is 5.91 Å². The van der Waals surface area contributed by atoms with Gasteiger partial charge in [0.15, 0.2) is 0 Å². The standard InChI is InChI=1S/C14H22N2O3/c1-3-14(2,19)9-16-13(18)12(15)8-10-4-6-11(17)7-5-10/h4-7,12,17,19H,3,8-9,15H2,1-2H3,(H,16,18)/t12-,14?/m0/s1. The van der Waals surface area contributed by atoms with Gasteiger partial charge in [-0.1, -0.05) is 19.1 Å². The van der Waals surface area contributed by atoms with Crippen molar-refractivity contribution in [1.29, 1.82) is 0 Å². The highest BCUT2D eigenvalue weighted by molar-refractivity contribution is 5.81.